The molecular formula is C21H19Cl. The molecule has 0 aromatic heterocycles. The maximum atomic E-state index is 6.08. The van der Waals surface area contributed by atoms with Crippen molar-refractivity contribution in [3.8, 4) is 22.3 Å². The minimum absolute atomic E-state index is 0.770. The molecule has 22 heavy (non-hydrogen) atoms. The summed E-state index contributed by atoms with van der Waals surface area (Å²) in [5, 5.41) is 0.770. The Hall–Kier alpha value is -2.05. The average molecular weight is 307 g/mol. The van der Waals surface area contributed by atoms with Crippen molar-refractivity contribution in [3.63, 3.8) is 0 Å². The van der Waals surface area contributed by atoms with Crippen LogP contribution in [-0.4, -0.2) is 0 Å². The summed E-state index contributed by atoms with van der Waals surface area (Å²) in [6, 6.07) is 21.2. The van der Waals surface area contributed by atoms with Gasteiger partial charge in [0.25, 0.3) is 0 Å². The Morgan fingerprint density at radius 2 is 1.23 bits per heavy atom. The van der Waals surface area contributed by atoms with Gasteiger partial charge in [0.05, 0.1) is 0 Å². The van der Waals surface area contributed by atoms with Gasteiger partial charge in [-0.2, -0.15) is 0 Å². The minimum atomic E-state index is 0.770. The van der Waals surface area contributed by atoms with E-state index in [0.29, 0.717) is 0 Å². The van der Waals surface area contributed by atoms with Crippen LogP contribution in [0.5, 0.6) is 0 Å². The van der Waals surface area contributed by atoms with Gasteiger partial charge in [-0.15, -0.1) is 0 Å². The molecule has 0 aliphatic carbocycles. The normalized spacial score (nSPS) is 10.7. The molecule has 0 unspecified atom stereocenters. The van der Waals surface area contributed by atoms with E-state index in [4.69, 9.17) is 11.6 Å². The topological polar surface area (TPSA) is 0 Å². The van der Waals surface area contributed by atoms with Crippen LogP contribution < -0.4 is 0 Å². The zero-order valence-electron chi connectivity index (χ0n) is 13.2. The van der Waals surface area contributed by atoms with Crippen molar-refractivity contribution >= 4 is 11.6 Å². The van der Waals surface area contributed by atoms with Crippen molar-refractivity contribution in [2.24, 2.45) is 0 Å². The molecule has 0 atom stereocenters. The van der Waals surface area contributed by atoms with Gasteiger partial charge in [-0.05, 0) is 66.3 Å². The highest BCUT2D eigenvalue weighted by atomic mass is 35.5. The maximum Gasteiger partial charge on any atom is 0.0412 e. The van der Waals surface area contributed by atoms with E-state index < -0.39 is 0 Å². The van der Waals surface area contributed by atoms with Crippen molar-refractivity contribution in [1.82, 2.24) is 0 Å². The fourth-order valence-corrected chi connectivity index (χ4v) is 3.32. The molecule has 3 aromatic carbocycles. The zero-order valence-corrected chi connectivity index (χ0v) is 13.9. The summed E-state index contributed by atoms with van der Waals surface area (Å²) in [6.07, 6.45) is 0. The number of hydrogen-bond acceptors (Lipinski definition) is 0. The second-order valence-electron chi connectivity index (χ2n) is 5.86. The Bertz CT molecular complexity index is 791. The molecular weight excluding hydrogens is 288 g/mol. The molecule has 0 N–H and O–H groups in total. The summed E-state index contributed by atoms with van der Waals surface area (Å²) in [4.78, 5) is 0. The van der Waals surface area contributed by atoms with Crippen molar-refractivity contribution < 1.29 is 0 Å². The van der Waals surface area contributed by atoms with E-state index in [1.54, 1.807) is 0 Å². The van der Waals surface area contributed by atoms with E-state index in [9.17, 15) is 0 Å². The summed E-state index contributed by atoms with van der Waals surface area (Å²) in [5.74, 6) is 0. The number of aryl methyl sites for hydroxylation is 3. The lowest BCUT2D eigenvalue weighted by Crippen LogP contribution is -1.90. The van der Waals surface area contributed by atoms with Crippen LogP contribution in [0.2, 0.25) is 5.02 Å². The number of hydrogen-bond donors (Lipinski definition) is 0. The van der Waals surface area contributed by atoms with Gasteiger partial charge in [0.2, 0.25) is 0 Å². The van der Waals surface area contributed by atoms with Crippen LogP contribution in [0.1, 0.15) is 16.7 Å². The van der Waals surface area contributed by atoms with Crippen molar-refractivity contribution in [2.75, 3.05) is 0 Å². The van der Waals surface area contributed by atoms with Crippen LogP contribution in [0.25, 0.3) is 22.3 Å². The smallest absolute Gasteiger partial charge is 0.0412 e. The Morgan fingerprint density at radius 3 is 1.82 bits per heavy atom. The van der Waals surface area contributed by atoms with Crippen LogP contribution >= 0.6 is 11.6 Å². The van der Waals surface area contributed by atoms with Crippen LogP contribution in [-0.2, 0) is 0 Å². The predicted molar refractivity (Wildman–Crippen MR) is 96.5 cm³/mol. The van der Waals surface area contributed by atoms with Gasteiger partial charge in [0.1, 0.15) is 0 Å². The lowest BCUT2D eigenvalue weighted by molar-refractivity contribution is 1.32. The van der Waals surface area contributed by atoms with E-state index in [1.807, 2.05) is 18.2 Å². The first kappa shape index (κ1) is 14.9. The fourth-order valence-electron chi connectivity index (χ4n) is 3.13. The second-order valence-corrected chi connectivity index (χ2v) is 6.30. The molecule has 110 valence electrons. The minimum Gasteiger partial charge on any atom is -0.0843 e. The summed E-state index contributed by atoms with van der Waals surface area (Å²) in [6.45, 7) is 6.51. The third-order valence-electron chi connectivity index (χ3n) is 4.01. The molecule has 0 fully saturated rings. The van der Waals surface area contributed by atoms with E-state index in [0.717, 1.165) is 10.6 Å². The third kappa shape index (κ3) is 2.93. The van der Waals surface area contributed by atoms with Gasteiger partial charge in [0, 0.05) is 5.02 Å². The van der Waals surface area contributed by atoms with E-state index >= 15 is 0 Å². The van der Waals surface area contributed by atoms with Crippen LogP contribution in [0.3, 0.4) is 0 Å². The lowest BCUT2D eigenvalue weighted by Gasteiger charge is -2.12. The van der Waals surface area contributed by atoms with Gasteiger partial charge < -0.3 is 0 Å². The molecule has 0 amide bonds. The number of benzene rings is 3. The molecule has 3 aromatic rings. The molecule has 0 saturated carbocycles. The number of halogens is 1. The quantitative estimate of drug-likeness (QED) is 0.500. The molecule has 0 aliphatic rings. The molecule has 0 nitrogen and oxygen atoms in total. The SMILES string of the molecule is Cc1cc(C)c(-c2ccc(-c3cccc(Cl)c3)cc2)c(C)c1. The summed E-state index contributed by atoms with van der Waals surface area (Å²) in [7, 11) is 0. The molecule has 1 heteroatoms. The molecule has 0 aliphatic heterocycles. The van der Waals surface area contributed by atoms with Crippen molar-refractivity contribution in [1.29, 1.82) is 0 Å². The van der Waals surface area contributed by atoms with Crippen molar-refractivity contribution in [2.45, 2.75) is 20.8 Å². The van der Waals surface area contributed by atoms with Gasteiger partial charge in [-0.1, -0.05) is 65.7 Å². The Balaban J connectivity index is 2.02. The Kier molecular flexibility index (Phi) is 4.04. The fraction of sp³-hybridized carbons (Fsp3) is 0.143. The highest BCUT2D eigenvalue weighted by molar-refractivity contribution is 6.30. The number of rotatable bonds is 2. The zero-order chi connectivity index (χ0) is 15.7. The van der Waals surface area contributed by atoms with Gasteiger partial charge in [-0.25, -0.2) is 0 Å². The van der Waals surface area contributed by atoms with E-state index in [2.05, 4.69) is 63.2 Å². The van der Waals surface area contributed by atoms with Gasteiger partial charge in [-0.3, -0.25) is 0 Å². The van der Waals surface area contributed by atoms with Gasteiger partial charge in [0.15, 0.2) is 0 Å². The first-order valence-corrected chi connectivity index (χ1v) is 7.86. The van der Waals surface area contributed by atoms with Crippen LogP contribution in [0.15, 0.2) is 60.7 Å². The largest absolute Gasteiger partial charge is 0.0843 e. The second kappa shape index (κ2) is 5.98. The highest BCUT2D eigenvalue weighted by Crippen LogP contribution is 2.31. The molecule has 3 rings (SSSR count). The Labute approximate surface area is 137 Å². The first-order valence-electron chi connectivity index (χ1n) is 7.49. The Morgan fingerprint density at radius 1 is 0.636 bits per heavy atom. The first-order chi connectivity index (χ1) is 10.5. The van der Waals surface area contributed by atoms with Crippen molar-refractivity contribution in [3.05, 3.63) is 82.4 Å². The van der Waals surface area contributed by atoms with E-state index in [1.165, 1.54) is 33.4 Å². The molecule has 0 spiro atoms. The molecule has 0 heterocycles. The highest BCUT2D eigenvalue weighted by Gasteiger charge is 2.07. The molecule has 0 saturated heterocycles. The maximum absolute atomic E-state index is 6.08. The molecule has 0 radical (unpaired) electrons. The predicted octanol–water partition coefficient (Wildman–Crippen LogP) is 6.60. The molecule has 0 bridgehead atoms. The standard InChI is InChI=1S/C21H19Cl/c1-14-11-15(2)21(16(3)12-14)18-9-7-17(8-10-18)19-5-4-6-20(22)13-19/h4-13H,1-3H3. The third-order valence-corrected chi connectivity index (χ3v) is 4.24. The monoisotopic (exact) mass is 306 g/mol. The van der Waals surface area contributed by atoms with E-state index in [-0.39, 0.29) is 0 Å². The van der Waals surface area contributed by atoms with Gasteiger partial charge >= 0.3 is 0 Å². The van der Waals surface area contributed by atoms with Crippen LogP contribution in [0.4, 0.5) is 0 Å². The summed E-state index contributed by atoms with van der Waals surface area (Å²) >= 11 is 6.08. The average Bonchev–Trinajstić information content (AvgIpc) is 2.47. The summed E-state index contributed by atoms with van der Waals surface area (Å²) in [5.41, 5.74) is 8.91. The lowest BCUT2D eigenvalue weighted by atomic mass is 9.92. The summed E-state index contributed by atoms with van der Waals surface area (Å²) < 4.78 is 0. The van der Waals surface area contributed by atoms with Crippen LogP contribution in [0, 0.1) is 20.8 Å².